The van der Waals surface area contributed by atoms with Gasteiger partial charge in [0.25, 0.3) is 0 Å². The van der Waals surface area contributed by atoms with Gasteiger partial charge in [0.2, 0.25) is 11.8 Å². The van der Waals surface area contributed by atoms with E-state index in [-0.39, 0.29) is 23.6 Å². The molecule has 166 valence electrons. The number of benzene rings is 1. The van der Waals surface area contributed by atoms with Gasteiger partial charge in [0.1, 0.15) is 6.04 Å². The lowest BCUT2D eigenvalue weighted by Crippen LogP contribution is -2.49. The van der Waals surface area contributed by atoms with Crippen LogP contribution in [0.4, 0.5) is 5.69 Å². The Balaban J connectivity index is 1.62. The number of hydrogen-bond acceptors (Lipinski definition) is 6. The number of methoxy groups -OCH3 is 1. The standard InChI is InChI=1S/C25H26N2O4S/c1-14-7-8-17-16(12-14)15(2)13-18-20-21(25(30)26(24(20)29)9-5-10-31-3)22(27(17)18)23(28)19-6-4-11-32-19/h4,6-8,11-13,18,20-22H,5,9-10H2,1-3H3/t18-,20+,21+,22+/m1/s1. The number of carbonyl (C=O) groups is 3. The maximum Gasteiger partial charge on any atom is 0.235 e. The molecule has 5 rings (SSSR count). The number of ether oxygens (including phenoxy) is 1. The Labute approximate surface area is 191 Å². The van der Waals surface area contributed by atoms with Crippen molar-refractivity contribution in [3.8, 4) is 0 Å². The Morgan fingerprint density at radius 1 is 1.12 bits per heavy atom. The summed E-state index contributed by atoms with van der Waals surface area (Å²) in [4.78, 5) is 44.8. The summed E-state index contributed by atoms with van der Waals surface area (Å²) in [6.07, 6.45) is 2.66. The highest BCUT2D eigenvalue weighted by Gasteiger charge is 2.64. The van der Waals surface area contributed by atoms with E-state index in [1.807, 2.05) is 42.3 Å². The summed E-state index contributed by atoms with van der Waals surface area (Å²) >= 11 is 1.38. The highest BCUT2D eigenvalue weighted by atomic mass is 32.1. The van der Waals surface area contributed by atoms with Crippen molar-refractivity contribution in [1.82, 2.24) is 4.90 Å². The number of ketones is 1. The van der Waals surface area contributed by atoms with Crippen LogP contribution >= 0.6 is 11.3 Å². The Bertz CT molecular complexity index is 1120. The molecule has 0 saturated carbocycles. The van der Waals surface area contributed by atoms with E-state index < -0.39 is 17.9 Å². The predicted octanol–water partition coefficient (Wildman–Crippen LogP) is 3.55. The van der Waals surface area contributed by atoms with E-state index in [9.17, 15) is 14.4 Å². The van der Waals surface area contributed by atoms with Gasteiger partial charge in [0.15, 0.2) is 5.78 Å². The van der Waals surface area contributed by atoms with Crippen molar-refractivity contribution in [2.75, 3.05) is 25.2 Å². The Morgan fingerprint density at radius 3 is 2.62 bits per heavy atom. The number of anilines is 1. The number of Topliss-reactive ketones (excluding diaryl/α,β-unsaturated/α-hetero) is 1. The van der Waals surface area contributed by atoms with Crippen LogP contribution in [-0.4, -0.2) is 54.8 Å². The minimum Gasteiger partial charge on any atom is -0.385 e. The lowest BCUT2D eigenvalue weighted by molar-refractivity contribution is -0.140. The number of amides is 2. The number of imide groups is 1. The minimum atomic E-state index is -0.696. The fraction of sp³-hybridized carbons (Fsp3) is 0.400. The van der Waals surface area contributed by atoms with Gasteiger partial charge in [0.05, 0.1) is 22.8 Å². The average Bonchev–Trinajstić information content (AvgIpc) is 3.47. The number of rotatable bonds is 6. The number of hydrogen-bond donors (Lipinski definition) is 0. The largest absolute Gasteiger partial charge is 0.385 e. The van der Waals surface area contributed by atoms with Gasteiger partial charge in [-0.2, -0.15) is 0 Å². The molecule has 0 unspecified atom stereocenters. The molecule has 0 aliphatic carbocycles. The summed E-state index contributed by atoms with van der Waals surface area (Å²) in [6, 6.07) is 8.79. The molecule has 1 aromatic carbocycles. The van der Waals surface area contributed by atoms with Gasteiger partial charge in [-0.05, 0) is 49.4 Å². The molecule has 1 aromatic heterocycles. The molecule has 2 aromatic rings. The maximum absolute atomic E-state index is 13.7. The average molecular weight is 451 g/mol. The highest BCUT2D eigenvalue weighted by molar-refractivity contribution is 7.12. The smallest absolute Gasteiger partial charge is 0.235 e. The van der Waals surface area contributed by atoms with Crippen molar-refractivity contribution in [3.63, 3.8) is 0 Å². The highest BCUT2D eigenvalue weighted by Crippen LogP contribution is 2.50. The van der Waals surface area contributed by atoms with Crippen LogP contribution < -0.4 is 4.90 Å². The summed E-state index contributed by atoms with van der Waals surface area (Å²) in [5.41, 5.74) is 4.19. The molecule has 0 bridgehead atoms. The molecule has 7 heteroatoms. The molecule has 32 heavy (non-hydrogen) atoms. The SMILES string of the molecule is COCCCN1C(=O)[C@@H]2[C@H](C1=O)[C@@H](C(=O)c1cccs1)N1c3ccc(C)cc3C(C)=C[C@H]21. The first-order chi connectivity index (χ1) is 15.4. The number of thiophene rings is 1. The first kappa shape index (κ1) is 21.1. The van der Waals surface area contributed by atoms with Crippen LogP contribution in [-0.2, 0) is 14.3 Å². The van der Waals surface area contributed by atoms with Crippen molar-refractivity contribution < 1.29 is 19.1 Å². The summed E-state index contributed by atoms with van der Waals surface area (Å²) in [6.45, 7) is 4.88. The predicted molar refractivity (Wildman–Crippen MR) is 124 cm³/mol. The molecule has 2 fully saturated rings. The molecule has 6 nitrogen and oxygen atoms in total. The van der Waals surface area contributed by atoms with Crippen molar-refractivity contribution in [1.29, 1.82) is 0 Å². The quantitative estimate of drug-likeness (QED) is 0.383. The molecule has 4 heterocycles. The van der Waals surface area contributed by atoms with Crippen LogP contribution in [0.5, 0.6) is 0 Å². The fourth-order valence-electron chi connectivity index (χ4n) is 5.47. The molecule has 3 aliphatic rings. The van der Waals surface area contributed by atoms with Crippen LogP contribution in [0.3, 0.4) is 0 Å². The molecule has 0 radical (unpaired) electrons. The number of fused-ring (bicyclic) bond motifs is 5. The maximum atomic E-state index is 13.7. The van der Waals surface area contributed by atoms with E-state index in [0.29, 0.717) is 24.4 Å². The van der Waals surface area contributed by atoms with Crippen molar-refractivity contribution >= 4 is 40.2 Å². The van der Waals surface area contributed by atoms with Crippen LogP contribution in [0.1, 0.15) is 34.1 Å². The van der Waals surface area contributed by atoms with Gasteiger partial charge in [-0.15, -0.1) is 11.3 Å². The van der Waals surface area contributed by atoms with Gasteiger partial charge in [-0.1, -0.05) is 23.8 Å². The number of allylic oxidation sites excluding steroid dienone is 1. The molecule has 0 N–H and O–H groups in total. The van der Waals surface area contributed by atoms with E-state index in [2.05, 4.69) is 12.1 Å². The molecule has 3 aliphatic heterocycles. The molecular weight excluding hydrogens is 424 g/mol. The second kappa shape index (κ2) is 7.98. The Hall–Kier alpha value is -2.77. The summed E-state index contributed by atoms with van der Waals surface area (Å²) in [5, 5.41) is 1.87. The lowest BCUT2D eigenvalue weighted by Gasteiger charge is -2.38. The first-order valence-electron chi connectivity index (χ1n) is 10.9. The molecule has 2 saturated heterocycles. The topological polar surface area (TPSA) is 66.9 Å². The van der Waals surface area contributed by atoms with Crippen LogP contribution in [0.15, 0.2) is 41.8 Å². The zero-order chi connectivity index (χ0) is 22.6. The second-order valence-corrected chi connectivity index (χ2v) is 9.73. The summed E-state index contributed by atoms with van der Waals surface area (Å²) < 4.78 is 5.10. The number of aryl methyl sites for hydroxylation is 1. The Morgan fingerprint density at radius 2 is 1.91 bits per heavy atom. The third-order valence-electron chi connectivity index (χ3n) is 6.86. The van der Waals surface area contributed by atoms with E-state index >= 15 is 0 Å². The molecular formula is C25H26N2O4S. The van der Waals surface area contributed by atoms with Gasteiger partial charge in [-0.3, -0.25) is 19.3 Å². The minimum absolute atomic E-state index is 0.0862. The van der Waals surface area contributed by atoms with Crippen LogP contribution in [0.2, 0.25) is 0 Å². The van der Waals surface area contributed by atoms with Gasteiger partial charge < -0.3 is 9.64 Å². The van der Waals surface area contributed by atoms with Gasteiger partial charge in [-0.25, -0.2) is 0 Å². The second-order valence-electron chi connectivity index (χ2n) is 8.78. The molecule has 0 spiro atoms. The van der Waals surface area contributed by atoms with E-state index in [1.165, 1.54) is 16.2 Å². The number of nitrogens with zero attached hydrogens (tertiary/aromatic N) is 2. The van der Waals surface area contributed by atoms with Crippen LogP contribution in [0, 0.1) is 18.8 Å². The Kier molecular flexibility index (Phi) is 5.26. The third kappa shape index (κ3) is 3.06. The van der Waals surface area contributed by atoms with Gasteiger partial charge >= 0.3 is 0 Å². The molecule has 4 atom stereocenters. The zero-order valence-corrected chi connectivity index (χ0v) is 19.2. The first-order valence-corrected chi connectivity index (χ1v) is 11.8. The van der Waals surface area contributed by atoms with Crippen LogP contribution in [0.25, 0.3) is 5.57 Å². The fourth-order valence-corrected chi connectivity index (χ4v) is 6.17. The van der Waals surface area contributed by atoms with E-state index in [1.54, 1.807) is 13.2 Å². The molecule has 2 amide bonds. The zero-order valence-electron chi connectivity index (χ0n) is 18.4. The monoisotopic (exact) mass is 450 g/mol. The van der Waals surface area contributed by atoms with Crippen molar-refractivity contribution in [2.24, 2.45) is 11.8 Å². The van der Waals surface area contributed by atoms with Crippen molar-refractivity contribution in [3.05, 3.63) is 57.8 Å². The van der Waals surface area contributed by atoms with Crippen molar-refractivity contribution in [2.45, 2.75) is 32.4 Å². The lowest BCUT2D eigenvalue weighted by atomic mass is 9.86. The van der Waals surface area contributed by atoms with Gasteiger partial charge in [0, 0.05) is 31.5 Å². The van der Waals surface area contributed by atoms with E-state index in [4.69, 9.17) is 4.74 Å². The number of likely N-dealkylation sites (tertiary alicyclic amines) is 1. The normalized spacial score (nSPS) is 26.2. The third-order valence-corrected chi connectivity index (χ3v) is 7.74. The summed E-state index contributed by atoms with van der Waals surface area (Å²) in [5.74, 6) is -1.73. The summed E-state index contributed by atoms with van der Waals surface area (Å²) in [7, 11) is 1.60. The van der Waals surface area contributed by atoms with E-state index in [0.717, 1.165) is 22.4 Å². The number of carbonyl (C=O) groups excluding carboxylic acids is 3.